The first-order valence-corrected chi connectivity index (χ1v) is 7.01. The molecular weight excluding hydrogens is 240 g/mol. The van der Waals surface area contributed by atoms with Crippen molar-refractivity contribution in [1.82, 2.24) is 20.1 Å². The van der Waals surface area contributed by atoms with Gasteiger partial charge in [0.25, 0.3) is 5.91 Å². The van der Waals surface area contributed by atoms with Crippen LogP contribution in [0.25, 0.3) is 0 Å². The van der Waals surface area contributed by atoms with E-state index in [1.54, 1.807) is 0 Å². The van der Waals surface area contributed by atoms with E-state index in [2.05, 4.69) is 29.0 Å². The molecule has 0 saturated carbocycles. The molecule has 0 bridgehead atoms. The van der Waals surface area contributed by atoms with Crippen LogP contribution in [0.5, 0.6) is 0 Å². The maximum atomic E-state index is 12.4. The van der Waals surface area contributed by atoms with Gasteiger partial charge in [0.05, 0.1) is 0 Å². The molecular formula is C14H24N4O. The lowest BCUT2D eigenvalue weighted by Gasteiger charge is -2.34. The summed E-state index contributed by atoms with van der Waals surface area (Å²) in [4.78, 5) is 18.6. The molecule has 0 aromatic carbocycles. The normalized spacial score (nSPS) is 24.6. The molecule has 106 valence electrons. The van der Waals surface area contributed by atoms with Crippen LogP contribution >= 0.6 is 0 Å². The van der Waals surface area contributed by atoms with Gasteiger partial charge in [-0.3, -0.25) is 9.89 Å². The van der Waals surface area contributed by atoms with Gasteiger partial charge >= 0.3 is 0 Å². The number of hydrogen-bond donors (Lipinski definition) is 1. The summed E-state index contributed by atoms with van der Waals surface area (Å²) in [5.74, 6) is 2.23. The van der Waals surface area contributed by atoms with Gasteiger partial charge in [-0.2, -0.15) is 0 Å². The summed E-state index contributed by atoms with van der Waals surface area (Å²) in [6.07, 6.45) is 1.06. The zero-order valence-electron chi connectivity index (χ0n) is 12.5. The Hall–Kier alpha value is -1.39. The van der Waals surface area contributed by atoms with Gasteiger partial charge in [-0.25, -0.2) is 4.98 Å². The fourth-order valence-corrected chi connectivity index (χ4v) is 2.28. The summed E-state index contributed by atoms with van der Waals surface area (Å²) in [5, 5.41) is 6.95. The summed E-state index contributed by atoms with van der Waals surface area (Å²) in [6, 6.07) is 0. The maximum Gasteiger partial charge on any atom is 0.293 e. The lowest BCUT2D eigenvalue weighted by molar-refractivity contribution is 0.0615. The molecule has 1 fully saturated rings. The fourth-order valence-electron chi connectivity index (χ4n) is 2.28. The highest BCUT2D eigenvalue weighted by atomic mass is 16.2. The smallest absolute Gasteiger partial charge is 0.293 e. The Balaban J connectivity index is 2.10. The quantitative estimate of drug-likeness (QED) is 0.846. The van der Waals surface area contributed by atoms with Gasteiger partial charge in [-0.1, -0.05) is 34.6 Å². The van der Waals surface area contributed by atoms with Crippen LogP contribution in [0.15, 0.2) is 0 Å². The van der Waals surface area contributed by atoms with Crippen LogP contribution in [-0.4, -0.2) is 39.1 Å². The summed E-state index contributed by atoms with van der Waals surface area (Å²) < 4.78 is 0. The molecule has 0 radical (unpaired) electrons. The number of hydrogen-bond acceptors (Lipinski definition) is 3. The van der Waals surface area contributed by atoms with Gasteiger partial charge in [-0.15, -0.1) is 5.10 Å². The van der Waals surface area contributed by atoms with E-state index in [9.17, 15) is 4.79 Å². The Labute approximate surface area is 114 Å². The number of amides is 1. The molecule has 1 aromatic heterocycles. The fraction of sp³-hybridized carbons (Fsp3) is 0.786. The Morgan fingerprint density at radius 2 is 2.00 bits per heavy atom. The minimum Gasteiger partial charge on any atom is -0.336 e. The predicted molar refractivity (Wildman–Crippen MR) is 73.9 cm³/mol. The Morgan fingerprint density at radius 1 is 1.32 bits per heavy atom. The summed E-state index contributed by atoms with van der Waals surface area (Å²) in [7, 11) is 0. The molecule has 2 rings (SSSR count). The number of carbonyl (C=O) groups is 1. The van der Waals surface area contributed by atoms with Crippen LogP contribution < -0.4 is 0 Å². The van der Waals surface area contributed by atoms with Crippen LogP contribution in [0.4, 0.5) is 0 Å². The van der Waals surface area contributed by atoms with E-state index < -0.39 is 0 Å². The van der Waals surface area contributed by atoms with Gasteiger partial charge in [0, 0.05) is 18.5 Å². The van der Waals surface area contributed by atoms with Gasteiger partial charge in [0.2, 0.25) is 5.82 Å². The molecule has 0 aliphatic carbocycles. The highest BCUT2D eigenvalue weighted by Gasteiger charge is 2.29. The first kappa shape index (κ1) is 14.0. The van der Waals surface area contributed by atoms with Gasteiger partial charge in [-0.05, 0) is 18.3 Å². The van der Waals surface area contributed by atoms with Crippen LogP contribution in [0.2, 0.25) is 0 Å². The lowest BCUT2D eigenvalue weighted by Crippen LogP contribution is -2.42. The third-order valence-corrected chi connectivity index (χ3v) is 4.01. The van der Waals surface area contributed by atoms with E-state index in [0.29, 0.717) is 17.7 Å². The van der Waals surface area contributed by atoms with E-state index >= 15 is 0 Å². The van der Waals surface area contributed by atoms with Crippen molar-refractivity contribution in [3.63, 3.8) is 0 Å². The molecule has 1 aliphatic heterocycles. The second-order valence-corrected chi connectivity index (χ2v) is 6.75. The van der Waals surface area contributed by atoms with Crippen LogP contribution in [0, 0.1) is 11.8 Å². The number of nitrogens with zero attached hydrogens (tertiary/aromatic N) is 3. The predicted octanol–water partition coefficient (Wildman–Crippen LogP) is 2.22. The Morgan fingerprint density at radius 3 is 2.53 bits per heavy atom. The van der Waals surface area contributed by atoms with E-state index in [1.807, 2.05) is 25.7 Å². The summed E-state index contributed by atoms with van der Waals surface area (Å²) in [6.45, 7) is 12.2. The summed E-state index contributed by atoms with van der Waals surface area (Å²) in [5.41, 5.74) is -0.116. The minimum absolute atomic E-state index is 0.0505. The number of aromatic nitrogens is 3. The topological polar surface area (TPSA) is 61.9 Å². The standard InChI is InChI=1S/C14H24N4O/c1-9-6-7-18(8-10(9)2)12(19)11-15-13(17-16-11)14(3,4)5/h9-10H,6-8H2,1-5H3,(H,15,16,17). The average molecular weight is 264 g/mol. The molecule has 5 heteroatoms. The number of rotatable bonds is 1. The maximum absolute atomic E-state index is 12.4. The van der Waals surface area contributed by atoms with E-state index in [1.165, 1.54) is 0 Å². The van der Waals surface area contributed by atoms with Crippen molar-refractivity contribution in [2.45, 2.75) is 46.5 Å². The van der Waals surface area contributed by atoms with Crippen LogP contribution in [-0.2, 0) is 5.41 Å². The molecule has 2 unspecified atom stereocenters. The van der Waals surface area contributed by atoms with E-state index in [0.717, 1.165) is 25.3 Å². The SMILES string of the molecule is CC1CCN(C(=O)c2n[nH]c(C(C)(C)C)n2)CC1C. The van der Waals surface area contributed by atoms with Crippen molar-refractivity contribution in [2.24, 2.45) is 11.8 Å². The minimum atomic E-state index is -0.116. The molecule has 2 atom stereocenters. The number of aromatic amines is 1. The van der Waals surface area contributed by atoms with E-state index in [-0.39, 0.29) is 11.3 Å². The molecule has 1 amide bonds. The molecule has 1 aliphatic rings. The Kier molecular flexibility index (Phi) is 3.65. The zero-order valence-corrected chi connectivity index (χ0v) is 12.5. The second-order valence-electron chi connectivity index (χ2n) is 6.75. The molecule has 0 spiro atoms. The molecule has 1 aromatic rings. The number of carbonyl (C=O) groups excluding carboxylic acids is 1. The molecule has 1 N–H and O–H groups in total. The van der Waals surface area contributed by atoms with Crippen molar-refractivity contribution in [3.8, 4) is 0 Å². The molecule has 19 heavy (non-hydrogen) atoms. The second kappa shape index (κ2) is 4.94. The van der Waals surface area contributed by atoms with Crippen LogP contribution in [0.1, 0.15) is 57.5 Å². The molecule has 5 nitrogen and oxygen atoms in total. The number of H-pyrrole nitrogens is 1. The lowest BCUT2D eigenvalue weighted by atomic mass is 9.88. The Bertz CT molecular complexity index is 460. The summed E-state index contributed by atoms with van der Waals surface area (Å²) >= 11 is 0. The highest BCUT2D eigenvalue weighted by molar-refractivity contribution is 5.90. The largest absolute Gasteiger partial charge is 0.336 e. The first-order chi connectivity index (χ1) is 8.79. The van der Waals surface area contributed by atoms with Crippen molar-refractivity contribution in [3.05, 3.63) is 11.6 Å². The average Bonchev–Trinajstić information content (AvgIpc) is 2.81. The van der Waals surface area contributed by atoms with E-state index in [4.69, 9.17) is 0 Å². The molecule has 1 saturated heterocycles. The first-order valence-electron chi connectivity index (χ1n) is 7.01. The van der Waals surface area contributed by atoms with Crippen molar-refractivity contribution >= 4 is 5.91 Å². The van der Waals surface area contributed by atoms with Crippen molar-refractivity contribution in [2.75, 3.05) is 13.1 Å². The number of likely N-dealkylation sites (tertiary alicyclic amines) is 1. The molecule has 2 heterocycles. The number of nitrogens with one attached hydrogen (secondary N) is 1. The monoisotopic (exact) mass is 264 g/mol. The third kappa shape index (κ3) is 2.96. The van der Waals surface area contributed by atoms with Crippen molar-refractivity contribution in [1.29, 1.82) is 0 Å². The van der Waals surface area contributed by atoms with Crippen molar-refractivity contribution < 1.29 is 4.79 Å². The zero-order chi connectivity index (χ0) is 14.2. The number of piperidine rings is 1. The van der Waals surface area contributed by atoms with Gasteiger partial charge < -0.3 is 4.90 Å². The van der Waals surface area contributed by atoms with Gasteiger partial charge in [0.1, 0.15) is 5.82 Å². The van der Waals surface area contributed by atoms with Gasteiger partial charge in [0.15, 0.2) is 0 Å². The highest BCUT2D eigenvalue weighted by Crippen LogP contribution is 2.23. The third-order valence-electron chi connectivity index (χ3n) is 4.01. The van der Waals surface area contributed by atoms with Crippen LogP contribution in [0.3, 0.4) is 0 Å².